The van der Waals surface area contributed by atoms with Crippen LogP contribution >= 0.6 is 0 Å². The van der Waals surface area contributed by atoms with Crippen molar-refractivity contribution in [1.82, 2.24) is 4.90 Å². The Kier molecular flexibility index (Phi) is 6.84. The molecule has 31 heavy (non-hydrogen) atoms. The number of hydrogen-bond acceptors (Lipinski definition) is 4. The van der Waals surface area contributed by atoms with Crippen LogP contribution in [0.2, 0.25) is 0 Å². The van der Waals surface area contributed by atoms with Crippen molar-refractivity contribution in [3.05, 3.63) is 69.8 Å². The minimum atomic E-state index is -0.650. The number of aryl methyl sites for hydroxylation is 3. The van der Waals surface area contributed by atoms with E-state index in [0.717, 1.165) is 41.5 Å². The lowest BCUT2D eigenvalue weighted by molar-refractivity contribution is -0.139. The second-order valence-electron chi connectivity index (χ2n) is 8.22. The van der Waals surface area contributed by atoms with Crippen LogP contribution in [0.3, 0.4) is 0 Å². The lowest BCUT2D eigenvalue weighted by Gasteiger charge is -2.26. The summed E-state index contributed by atoms with van der Waals surface area (Å²) in [5.74, 6) is -0.894. The normalized spacial score (nSPS) is 18.0. The Balaban J connectivity index is 2.24. The predicted octanol–water partition coefficient (Wildman–Crippen LogP) is 5.23. The fourth-order valence-electron chi connectivity index (χ4n) is 4.41. The first kappa shape index (κ1) is 22.6. The van der Waals surface area contributed by atoms with Crippen molar-refractivity contribution in [2.24, 2.45) is 0 Å². The summed E-state index contributed by atoms with van der Waals surface area (Å²) in [6, 6.07) is 10.8. The zero-order valence-electron chi connectivity index (χ0n) is 19.0. The van der Waals surface area contributed by atoms with Gasteiger partial charge in [0.25, 0.3) is 11.7 Å². The number of aliphatic hydroxyl groups excluding tert-OH is 1. The van der Waals surface area contributed by atoms with Crippen LogP contribution in [-0.2, 0) is 9.59 Å². The zero-order chi connectivity index (χ0) is 22.7. The minimum absolute atomic E-state index is 0.124. The number of rotatable bonds is 7. The molecule has 1 aliphatic rings. The number of nitrogens with zero attached hydrogens (tertiary/aromatic N) is 1. The fraction of sp³-hybridized carbons (Fsp3) is 0.385. The summed E-state index contributed by atoms with van der Waals surface area (Å²) in [4.78, 5) is 27.8. The fourth-order valence-corrected chi connectivity index (χ4v) is 4.41. The van der Waals surface area contributed by atoms with Crippen LogP contribution in [-0.4, -0.2) is 35.4 Å². The second kappa shape index (κ2) is 9.38. The van der Waals surface area contributed by atoms with Crippen molar-refractivity contribution in [2.45, 2.75) is 53.0 Å². The summed E-state index contributed by atoms with van der Waals surface area (Å²) in [5.41, 5.74) is 4.17. The molecule has 3 rings (SSSR count). The monoisotopic (exact) mass is 421 g/mol. The van der Waals surface area contributed by atoms with Crippen molar-refractivity contribution in [3.8, 4) is 5.75 Å². The van der Waals surface area contributed by atoms with Crippen LogP contribution in [0.1, 0.15) is 60.0 Å². The topological polar surface area (TPSA) is 66.8 Å². The molecule has 5 heteroatoms. The summed E-state index contributed by atoms with van der Waals surface area (Å²) in [5, 5.41) is 11.4. The third-order valence-electron chi connectivity index (χ3n) is 5.90. The molecule has 0 bridgehead atoms. The van der Waals surface area contributed by atoms with Gasteiger partial charge in [-0.3, -0.25) is 9.59 Å². The average molecular weight is 422 g/mol. The molecule has 1 aliphatic heterocycles. The number of Topliss-reactive ketones (excluding diaryl/α,β-unsaturated/α-hetero) is 1. The van der Waals surface area contributed by atoms with Gasteiger partial charge in [-0.15, -0.1) is 0 Å². The summed E-state index contributed by atoms with van der Waals surface area (Å²) in [6.07, 6.45) is 2.78. The molecule has 2 aromatic rings. The van der Waals surface area contributed by atoms with E-state index in [1.807, 2.05) is 51.1 Å². The van der Waals surface area contributed by atoms with E-state index in [0.29, 0.717) is 17.9 Å². The van der Waals surface area contributed by atoms with Crippen molar-refractivity contribution in [1.29, 1.82) is 0 Å². The van der Waals surface area contributed by atoms with Gasteiger partial charge in [0, 0.05) is 6.54 Å². The highest BCUT2D eigenvalue weighted by atomic mass is 16.5. The highest BCUT2D eigenvalue weighted by Gasteiger charge is 2.46. The van der Waals surface area contributed by atoms with Gasteiger partial charge in [-0.1, -0.05) is 50.1 Å². The van der Waals surface area contributed by atoms with Gasteiger partial charge in [0.1, 0.15) is 11.5 Å². The van der Waals surface area contributed by atoms with Gasteiger partial charge in [0.05, 0.1) is 24.3 Å². The molecule has 5 nitrogen and oxygen atoms in total. The van der Waals surface area contributed by atoms with E-state index >= 15 is 0 Å². The highest BCUT2D eigenvalue weighted by molar-refractivity contribution is 6.46. The van der Waals surface area contributed by atoms with Gasteiger partial charge < -0.3 is 14.7 Å². The number of benzene rings is 2. The minimum Gasteiger partial charge on any atom is -0.507 e. The van der Waals surface area contributed by atoms with Gasteiger partial charge in [-0.25, -0.2) is 0 Å². The number of aliphatic hydroxyl groups is 1. The van der Waals surface area contributed by atoms with Crippen LogP contribution in [0, 0.1) is 20.8 Å². The van der Waals surface area contributed by atoms with E-state index < -0.39 is 17.7 Å². The number of ether oxygens (including phenoxy) is 1. The largest absolute Gasteiger partial charge is 0.507 e. The molecular weight excluding hydrogens is 390 g/mol. The lowest BCUT2D eigenvalue weighted by atomic mass is 9.91. The third-order valence-corrected chi connectivity index (χ3v) is 5.90. The van der Waals surface area contributed by atoms with Crippen molar-refractivity contribution in [3.63, 3.8) is 0 Å². The summed E-state index contributed by atoms with van der Waals surface area (Å²) in [6.45, 7) is 8.34. The number of amides is 1. The van der Waals surface area contributed by atoms with Gasteiger partial charge in [-0.05, 0) is 55.5 Å². The lowest BCUT2D eigenvalue weighted by Crippen LogP contribution is -2.31. The number of ketones is 1. The van der Waals surface area contributed by atoms with Gasteiger partial charge >= 0.3 is 0 Å². The number of carbonyl (C=O) groups excluding carboxylic acids is 2. The molecule has 0 saturated carbocycles. The molecule has 2 aromatic carbocycles. The first-order valence-corrected chi connectivity index (χ1v) is 10.8. The predicted molar refractivity (Wildman–Crippen MR) is 122 cm³/mol. The maximum absolute atomic E-state index is 13.2. The number of unbranched alkanes of at least 4 members (excludes halogenated alkanes) is 2. The Morgan fingerprint density at radius 3 is 2.42 bits per heavy atom. The van der Waals surface area contributed by atoms with E-state index in [9.17, 15) is 14.7 Å². The van der Waals surface area contributed by atoms with E-state index in [1.54, 1.807) is 11.0 Å². The molecule has 1 N–H and O–H groups in total. The zero-order valence-corrected chi connectivity index (χ0v) is 19.0. The molecule has 0 spiro atoms. The molecule has 1 atom stereocenters. The maximum Gasteiger partial charge on any atom is 0.295 e. The summed E-state index contributed by atoms with van der Waals surface area (Å²) >= 11 is 0. The first-order chi connectivity index (χ1) is 14.8. The standard InChI is InChI=1S/C26H31NO4/c1-6-7-10-13-27-22(19-12-9-8-11-17(19)3)21(24(29)26(27)30)23(28)20-15-16(2)14-18(4)25(20)31-5/h8-9,11-12,14-15,22,28H,6-7,10,13H2,1-5H3/b23-21+. The number of likely N-dealkylation sites (tertiary alicyclic amines) is 1. The van der Waals surface area contributed by atoms with Crippen molar-refractivity contribution < 1.29 is 19.4 Å². The third kappa shape index (κ3) is 4.22. The molecule has 164 valence electrons. The van der Waals surface area contributed by atoms with Crippen LogP contribution in [0.4, 0.5) is 0 Å². The summed E-state index contributed by atoms with van der Waals surface area (Å²) in [7, 11) is 1.54. The Morgan fingerprint density at radius 1 is 1.06 bits per heavy atom. The number of hydrogen-bond donors (Lipinski definition) is 1. The van der Waals surface area contributed by atoms with Crippen LogP contribution in [0.15, 0.2) is 42.0 Å². The van der Waals surface area contributed by atoms with Gasteiger partial charge in [0.15, 0.2) is 0 Å². The number of methoxy groups -OCH3 is 1. The Bertz CT molecular complexity index is 1040. The SMILES string of the molecule is CCCCCN1C(=O)C(=O)/C(=C(/O)c2cc(C)cc(C)c2OC)C1c1ccccc1C. The van der Waals surface area contributed by atoms with E-state index in [4.69, 9.17) is 4.74 Å². The second-order valence-corrected chi connectivity index (χ2v) is 8.22. The quantitative estimate of drug-likeness (QED) is 0.288. The van der Waals surface area contributed by atoms with Crippen LogP contribution < -0.4 is 4.74 Å². The molecule has 1 amide bonds. The van der Waals surface area contributed by atoms with Crippen molar-refractivity contribution in [2.75, 3.05) is 13.7 Å². The van der Waals surface area contributed by atoms with E-state index in [1.165, 1.54) is 7.11 Å². The molecule has 1 unspecified atom stereocenters. The Morgan fingerprint density at radius 2 is 1.77 bits per heavy atom. The highest BCUT2D eigenvalue weighted by Crippen LogP contribution is 2.42. The molecule has 0 aliphatic carbocycles. The summed E-state index contributed by atoms with van der Waals surface area (Å²) < 4.78 is 5.54. The van der Waals surface area contributed by atoms with Gasteiger partial charge in [0.2, 0.25) is 0 Å². The first-order valence-electron chi connectivity index (χ1n) is 10.8. The molecular formula is C26H31NO4. The molecule has 1 saturated heterocycles. The molecule has 0 radical (unpaired) electrons. The molecule has 1 fully saturated rings. The molecule has 1 heterocycles. The van der Waals surface area contributed by atoms with Gasteiger partial charge in [-0.2, -0.15) is 0 Å². The Hall–Kier alpha value is -3.08. The smallest absolute Gasteiger partial charge is 0.295 e. The van der Waals surface area contributed by atoms with Crippen LogP contribution in [0.5, 0.6) is 5.75 Å². The molecule has 0 aromatic heterocycles. The maximum atomic E-state index is 13.2. The van der Waals surface area contributed by atoms with Crippen LogP contribution in [0.25, 0.3) is 5.76 Å². The average Bonchev–Trinajstić information content (AvgIpc) is 2.98. The Labute approximate surface area is 184 Å². The van der Waals surface area contributed by atoms with E-state index in [2.05, 4.69) is 6.92 Å². The van der Waals surface area contributed by atoms with E-state index in [-0.39, 0.29) is 11.3 Å². The number of carbonyl (C=O) groups is 2. The van der Waals surface area contributed by atoms with Crippen molar-refractivity contribution >= 4 is 17.4 Å².